The van der Waals surface area contributed by atoms with Crippen LogP contribution in [0.25, 0.3) is 10.1 Å². The molecule has 32 heavy (non-hydrogen) atoms. The number of hydrogen-bond acceptors (Lipinski definition) is 4. The molecule has 1 amide bonds. The third kappa shape index (κ3) is 4.42. The maximum absolute atomic E-state index is 13.3. The highest BCUT2D eigenvalue weighted by molar-refractivity contribution is 7.17. The largest absolute Gasteiger partial charge is 0.497 e. The average molecular weight is 456 g/mol. The highest BCUT2D eigenvalue weighted by Gasteiger charge is 2.57. The van der Waals surface area contributed by atoms with E-state index in [1.54, 1.807) is 18.4 Å². The summed E-state index contributed by atoms with van der Waals surface area (Å²) >= 11 is 1.59. The van der Waals surface area contributed by atoms with E-state index in [1.807, 2.05) is 23.6 Å². The predicted molar refractivity (Wildman–Crippen MR) is 128 cm³/mol. The van der Waals surface area contributed by atoms with Gasteiger partial charge in [0.2, 0.25) is 0 Å². The third-order valence-electron chi connectivity index (χ3n) is 7.80. The lowest BCUT2D eigenvalue weighted by Gasteiger charge is -2.62. The first-order valence-electron chi connectivity index (χ1n) is 11.5. The van der Waals surface area contributed by atoms with Crippen LogP contribution in [0.4, 0.5) is 0 Å². The lowest BCUT2D eigenvalue weighted by Crippen LogP contribution is -2.61. The summed E-state index contributed by atoms with van der Waals surface area (Å²) in [5, 5.41) is 15.1. The van der Waals surface area contributed by atoms with Crippen LogP contribution >= 0.6 is 11.3 Å². The molecule has 5 rings (SSSR count). The summed E-state index contributed by atoms with van der Waals surface area (Å²) in [5.74, 6) is 1.70. The van der Waals surface area contributed by atoms with Gasteiger partial charge in [-0.3, -0.25) is 9.59 Å². The van der Waals surface area contributed by atoms with Crippen molar-refractivity contribution in [1.29, 1.82) is 0 Å². The van der Waals surface area contributed by atoms with Crippen molar-refractivity contribution < 1.29 is 19.4 Å². The molecule has 2 N–H and O–H groups in total. The van der Waals surface area contributed by atoms with Crippen LogP contribution in [0, 0.1) is 23.2 Å². The van der Waals surface area contributed by atoms with Crippen molar-refractivity contribution in [1.82, 2.24) is 5.32 Å². The molecule has 6 heteroatoms. The van der Waals surface area contributed by atoms with Gasteiger partial charge in [-0.1, -0.05) is 26.0 Å². The number of carbonyl (C=O) groups excluding carboxylic acids is 1. The minimum Gasteiger partial charge on any atom is -0.497 e. The molecule has 4 atom stereocenters. The molecule has 1 heterocycles. The molecule has 0 spiro atoms. The molecule has 5 nitrogen and oxygen atoms in total. The van der Waals surface area contributed by atoms with Crippen molar-refractivity contribution in [3.05, 3.63) is 41.3 Å². The normalized spacial score (nSPS) is 26.1. The number of methoxy groups -OCH3 is 1. The van der Waals surface area contributed by atoms with Gasteiger partial charge in [-0.25, -0.2) is 0 Å². The van der Waals surface area contributed by atoms with Gasteiger partial charge in [-0.15, -0.1) is 11.3 Å². The van der Waals surface area contributed by atoms with Gasteiger partial charge in [0.25, 0.3) is 5.91 Å². The summed E-state index contributed by atoms with van der Waals surface area (Å²) in [4.78, 5) is 24.0. The Morgan fingerprint density at radius 2 is 2.09 bits per heavy atom. The number of aliphatic carboxylic acids is 1. The van der Waals surface area contributed by atoms with Crippen molar-refractivity contribution in [2.45, 2.75) is 58.4 Å². The first kappa shape index (κ1) is 22.8. The number of benzene rings is 1. The Morgan fingerprint density at radius 3 is 2.81 bits per heavy atom. The van der Waals surface area contributed by atoms with Gasteiger partial charge >= 0.3 is 5.97 Å². The second kappa shape index (κ2) is 9.26. The smallest absolute Gasteiger partial charge is 0.303 e. The Hall–Kier alpha value is -2.34. The third-order valence-corrected chi connectivity index (χ3v) is 8.76. The number of carboxylic acids is 1. The van der Waals surface area contributed by atoms with Gasteiger partial charge < -0.3 is 15.2 Å². The molecule has 0 aliphatic heterocycles. The Bertz CT molecular complexity index is 1020. The summed E-state index contributed by atoms with van der Waals surface area (Å²) in [6.45, 7) is 4.73. The minimum absolute atomic E-state index is 0.00375. The van der Waals surface area contributed by atoms with Crippen molar-refractivity contribution in [3.8, 4) is 5.75 Å². The number of nitrogens with one attached hydrogen (secondary N) is 1. The summed E-state index contributed by atoms with van der Waals surface area (Å²) in [7, 11) is 1.64. The van der Waals surface area contributed by atoms with Gasteiger partial charge in [0.1, 0.15) is 5.75 Å². The molecule has 3 aliphatic rings. The molecule has 0 unspecified atom stereocenters. The van der Waals surface area contributed by atoms with Crippen LogP contribution in [0.3, 0.4) is 0 Å². The van der Waals surface area contributed by atoms with Gasteiger partial charge in [-0.05, 0) is 73.5 Å². The number of thiophene rings is 1. The van der Waals surface area contributed by atoms with E-state index in [2.05, 4.69) is 31.3 Å². The highest BCUT2D eigenvalue weighted by atomic mass is 32.1. The van der Waals surface area contributed by atoms with E-state index in [1.165, 1.54) is 6.42 Å². The van der Waals surface area contributed by atoms with Gasteiger partial charge in [0.15, 0.2) is 0 Å². The molecule has 3 aliphatic carbocycles. The summed E-state index contributed by atoms with van der Waals surface area (Å²) < 4.78 is 6.44. The first-order chi connectivity index (χ1) is 15.3. The topological polar surface area (TPSA) is 75.6 Å². The fourth-order valence-electron chi connectivity index (χ4n) is 5.74. The zero-order valence-corrected chi connectivity index (χ0v) is 19.9. The van der Waals surface area contributed by atoms with Crippen LogP contribution in [0.1, 0.15) is 62.7 Å². The number of allylic oxidation sites excluding steroid dienone is 2. The second-order valence-electron chi connectivity index (χ2n) is 9.84. The summed E-state index contributed by atoms with van der Waals surface area (Å²) in [6, 6.07) is 6.05. The van der Waals surface area contributed by atoms with Gasteiger partial charge in [0, 0.05) is 27.9 Å². The van der Waals surface area contributed by atoms with Crippen LogP contribution in [-0.2, 0) is 4.79 Å². The number of rotatable bonds is 9. The first-order valence-corrected chi connectivity index (χ1v) is 12.4. The van der Waals surface area contributed by atoms with Crippen LogP contribution < -0.4 is 10.1 Å². The van der Waals surface area contributed by atoms with Crippen LogP contribution in [0.15, 0.2) is 35.7 Å². The van der Waals surface area contributed by atoms with Crippen molar-refractivity contribution in [2.75, 3.05) is 7.11 Å². The monoisotopic (exact) mass is 455 g/mol. The van der Waals surface area contributed by atoms with Crippen molar-refractivity contribution in [2.24, 2.45) is 23.2 Å². The minimum atomic E-state index is -0.741. The molecule has 1 aromatic heterocycles. The number of carbonyl (C=O) groups is 2. The zero-order valence-electron chi connectivity index (χ0n) is 19.1. The van der Waals surface area contributed by atoms with Gasteiger partial charge in [0.05, 0.1) is 12.7 Å². The molecule has 1 aromatic carbocycles. The van der Waals surface area contributed by atoms with E-state index in [-0.39, 0.29) is 18.4 Å². The number of ether oxygens (including phenoxy) is 1. The molecule has 2 aromatic rings. The van der Waals surface area contributed by atoms with E-state index >= 15 is 0 Å². The van der Waals surface area contributed by atoms with E-state index < -0.39 is 5.97 Å². The molecule has 3 fully saturated rings. The number of amides is 1. The quantitative estimate of drug-likeness (QED) is 0.365. The van der Waals surface area contributed by atoms with Crippen LogP contribution in [-0.4, -0.2) is 30.1 Å². The average Bonchev–Trinajstić information content (AvgIpc) is 3.19. The fourth-order valence-corrected chi connectivity index (χ4v) is 6.66. The molecule has 172 valence electrons. The summed E-state index contributed by atoms with van der Waals surface area (Å²) in [5.41, 5.74) is 1.05. The maximum Gasteiger partial charge on any atom is 0.303 e. The Kier molecular flexibility index (Phi) is 6.61. The van der Waals surface area contributed by atoms with E-state index in [9.17, 15) is 9.59 Å². The lowest BCUT2D eigenvalue weighted by molar-refractivity contribution is -0.137. The Labute approximate surface area is 193 Å². The number of fused-ring (bicyclic) bond motifs is 3. The molecule has 0 saturated heterocycles. The molecular formula is C26H33NO4S. The number of carboxylic acid groups (broad SMARTS) is 1. The van der Waals surface area contributed by atoms with E-state index in [4.69, 9.17) is 9.84 Å². The predicted octanol–water partition coefficient (Wildman–Crippen LogP) is 5.89. The highest BCUT2D eigenvalue weighted by Crippen LogP contribution is 2.62. The van der Waals surface area contributed by atoms with E-state index in [0.29, 0.717) is 29.6 Å². The fraction of sp³-hybridized carbons (Fsp3) is 0.538. The van der Waals surface area contributed by atoms with Crippen LogP contribution in [0.2, 0.25) is 0 Å². The molecule has 3 saturated carbocycles. The zero-order chi connectivity index (χ0) is 22.9. The van der Waals surface area contributed by atoms with Crippen molar-refractivity contribution in [3.63, 3.8) is 0 Å². The standard InChI is InChI=1S/C26H33NO4S/c1-26(2)16-12-21(26)18(8-6-4-5-7-9-24(28)29)22(13-16)27-25(30)20-15-32-23-11-10-17(31-3)14-19(20)23/h4,6,10-11,14-16,18,21-22H,5,7-9,12-13H2,1-3H3,(H,27,30)(H,28,29)/t16-,18-,21+,22+/m1/s1. The Balaban J connectivity index is 1.46. The van der Waals surface area contributed by atoms with Gasteiger partial charge in [-0.2, -0.15) is 0 Å². The molecule has 0 radical (unpaired) electrons. The molecular weight excluding hydrogens is 422 g/mol. The van der Waals surface area contributed by atoms with Crippen molar-refractivity contribution >= 4 is 33.3 Å². The Morgan fingerprint density at radius 1 is 1.28 bits per heavy atom. The van der Waals surface area contributed by atoms with Crippen LogP contribution in [0.5, 0.6) is 5.75 Å². The second-order valence-corrected chi connectivity index (χ2v) is 10.8. The SMILES string of the molecule is COc1ccc2scc(C(=O)N[C@H]3C[C@H]4C[C@@H]([C@H]3CC=CCCCC(=O)O)C4(C)C)c2c1. The number of hydrogen-bond donors (Lipinski definition) is 2. The molecule has 2 bridgehead atoms. The van der Waals surface area contributed by atoms with E-state index in [0.717, 1.165) is 40.7 Å². The summed E-state index contributed by atoms with van der Waals surface area (Å²) in [6.07, 6.45) is 9.18. The number of unbranched alkanes of at least 4 members (excludes halogenated alkanes) is 1. The maximum atomic E-state index is 13.3. The lowest BCUT2D eigenvalue weighted by atomic mass is 9.44.